The molecule has 1 fully saturated rings. The van der Waals surface area contributed by atoms with Crippen LogP contribution >= 0.6 is 0 Å². The molecule has 0 spiro atoms. The summed E-state index contributed by atoms with van der Waals surface area (Å²) < 4.78 is 5.16. The molecule has 0 bridgehead atoms. The Bertz CT molecular complexity index is 641. The standard InChI is InChI=1S/C17H22N4O2/c1-2-15-19-16(23-20-15)8-9-17(22)21-11-10-18-12-14(21)13-6-4-3-5-7-13/h3-7,14,18H,2,8-12H2,1H3/t14-/m0/s1. The Kier molecular flexibility index (Phi) is 5.02. The van der Waals surface area contributed by atoms with Gasteiger partial charge in [0.25, 0.3) is 0 Å². The molecule has 1 aromatic heterocycles. The topological polar surface area (TPSA) is 71.3 Å². The van der Waals surface area contributed by atoms with Gasteiger partial charge in [0, 0.05) is 38.9 Å². The molecule has 1 N–H and O–H groups in total. The number of aromatic nitrogens is 2. The summed E-state index contributed by atoms with van der Waals surface area (Å²) in [5.41, 5.74) is 1.17. The molecule has 1 aliphatic rings. The molecule has 1 aliphatic heterocycles. The number of aryl methyl sites for hydroxylation is 2. The Hall–Kier alpha value is -2.21. The summed E-state index contributed by atoms with van der Waals surface area (Å²) in [5, 5.41) is 7.23. The smallest absolute Gasteiger partial charge is 0.227 e. The van der Waals surface area contributed by atoms with E-state index in [9.17, 15) is 4.79 Å². The number of rotatable bonds is 5. The van der Waals surface area contributed by atoms with Gasteiger partial charge in [-0.1, -0.05) is 42.4 Å². The van der Waals surface area contributed by atoms with Crippen molar-refractivity contribution in [2.45, 2.75) is 32.2 Å². The summed E-state index contributed by atoms with van der Waals surface area (Å²) in [5.74, 6) is 1.37. The van der Waals surface area contributed by atoms with Crippen LogP contribution in [0.15, 0.2) is 34.9 Å². The Morgan fingerprint density at radius 3 is 2.96 bits per heavy atom. The summed E-state index contributed by atoms with van der Waals surface area (Å²) in [6, 6.07) is 10.3. The maximum atomic E-state index is 12.6. The highest BCUT2D eigenvalue weighted by Crippen LogP contribution is 2.23. The minimum atomic E-state index is 0.0892. The lowest BCUT2D eigenvalue weighted by atomic mass is 10.0. The molecule has 2 aromatic rings. The molecule has 0 radical (unpaired) electrons. The van der Waals surface area contributed by atoms with Crippen molar-refractivity contribution in [1.82, 2.24) is 20.4 Å². The van der Waals surface area contributed by atoms with Crippen molar-refractivity contribution in [2.75, 3.05) is 19.6 Å². The lowest BCUT2D eigenvalue weighted by molar-refractivity contribution is -0.134. The molecule has 1 saturated heterocycles. The molecule has 6 nitrogen and oxygen atoms in total. The van der Waals surface area contributed by atoms with Gasteiger partial charge in [0.05, 0.1) is 6.04 Å². The first-order valence-electron chi connectivity index (χ1n) is 8.14. The molecule has 1 atom stereocenters. The molecule has 1 aromatic carbocycles. The molecule has 6 heteroatoms. The summed E-state index contributed by atoms with van der Waals surface area (Å²) in [6.45, 7) is 4.32. The lowest BCUT2D eigenvalue weighted by Gasteiger charge is -2.36. The maximum absolute atomic E-state index is 12.6. The highest BCUT2D eigenvalue weighted by atomic mass is 16.5. The zero-order valence-electron chi connectivity index (χ0n) is 13.4. The number of carbonyl (C=O) groups is 1. The third-order valence-electron chi connectivity index (χ3n) is 4.13. The summed E-state index contributed by atoms with van der Waals surface area (Å²) >= 11 is 0. The van der Waals surface area contributed by atoms with E-state index in [0.29, 0.717) is 24.6 Å². The van der Waals surface area contributed by atoms with Crippen LogP contribution in [0.1, 0.15) is 36.7 Å². The third-order valence-corrected chi connectivity index (χ3v) is 4.13. The van der Waals surface area contributed by atoms with Gasteiger partial charge in [0.1, 0.15) is 0 Å². The van der Waals surface area contributed by atoms with Crippen molar-refractivity contribution in [3.8, 4) is 0 Å². The van der Waals surface area contributed by atoms with Crippen LogP contribution in [0.3, 0.4) is 0 Å². The zero-order valence-corrected chi connectivity index (χ0v) is 13.4. The quantitative estimate of drug-likeness (QED) is 0.910. The Balaban J connectivity index is 1.64. The number of nitrogens with zero attached hydrogens (tertiary/aromatic N) is 3. The average Bonchev–Trinajstić information content (AvgIpc) is 3.08. The van der Waals surface area contributed by atoms with E-state index in [1.54, 1.807) is 0 Å². The number of hydrogen-bond donors (Lipinski definition) is 1. The molecule has 0 aliphatic carbocycles. The molecule has 0 unspecified atom stereocenters. The first kappa shape index (κ1) is 15.7. The normalized spacial score (nSPS) is 18.1. The minimum Gasteiger partial charge on any atom is -0.339 e. The number of benzene rings is 1. The number of hydrogen-bond acceptors (Lipinski definition) is 5. The van der Waals surface area contributed by atoms with Crippen LogP contribution in [0.5, 0.6) is 0 Å². The maximum Gasteiger partial charge on any atom is 0.227 e. The summed E-state index contributed by atoms with van der Waals surface area (Å²) in [6.07, 6.45) is 1.64. The van der Waals surface area contributed by atoms with Crippen molar-refractivity contribution in [2.24, 2.45) is 0 Å². The molecule has 2 heterocycles. The second kappa shape index (κ2) is 7.37. The average molecular weight is 314 g/mol. The first-order valence-corrected chi connectivity index (χ1v) is 8.14. The Labute approximate surface area is 135 Å². The monoisotopic (exact) mass is 314 g/mol. The van der Waals surface area contributed by atoms with Gasteiger partial charge in [-0.2, -0.15) is 4.98 Å². The van der Waals surface area contributed by atoms with Crippen LogP contribution in [0.4, 0.5) is 0 Å². The van der Waals surface area contributed by atoms with E-state index < -0.39 is 0 Å². The van der Waals surface area contributed by atoms with E-state index >= 15 is 0 Å². The highest BCUT2D eigenvalue weighted by Gasteiger charge is 2.27. The van der Waals surface area contributed by atoms with Gasteiger partial charge < -0.3 is 14.7 Å². The largest absolute Gasteiger partial charge is 0.339 e. The SMILES string of the molecule is CCc1noc(CCC(=O)N2CCNC[C@H]2c2ccccc2)n1. The van der Waals surface area contributed by atoms with Crippen molar-refractivity contribution in [3.63, 3.8) is 0 Å². The molecule has 122 valence electrons. The van der Waals surface area contributed by atoms with E-state index in [-0.39, 0.29) is 11.9 Å². The van der Waals surface area contributed by atoms with Crippen LogP contribution in [0.2, 0.25) is 0 Å². The van der Waals surface area contributed by atoms with Gasteiger partial charge in [-0.15, -0.1) is 0 Å². The zero-order chi connectivity index (χ0) is 16.1. The fourth-order valence-electron chi connectivity index (χ4n) is 2.87. The number of nitrogens with one attached hydrogen (secondary N) is 1. The van der Waals surface area contributed by atoms with Crippen LogP contribution in [-0.4, -0.2) is 40.6 Å². The number of piperazine rings is 1. The van der Waals surface area contributed by atoms with Gasteiger partial charge in [-0.25, -0.2) is 0 Å². The van der Waals surface area contributed by atoms with E-state index in [2.05, 4.69) is 27.6 Å². The van der Waals surface area contributed by atoms with E-state index in [0.717, 1.165) is 26.1 Å². The van der Waals surface area contributed by atoms with Crippen LogP contribution in [-0.2, 0) is 17.6 Å². The fourth-order valence-corrected chi connectivity index (χ4v) is 2.87. The van der Waals surface area contributed by atoms with Crippen LogP contribution in [0, 0.1) is 0 Å². The summed E-state index contributed by atoms with van der Waals surface area (Å²) in [4.78, 5) is 18.9. The minimum absolute atomic E-state index is 0.0892. The van der Waals surface area contributed by atoms with Gasteiger partial charge in [-0.05, 0) is 5.56 Å². The molecular formula is C17H22N4O2. The lowest BCUT2D eigenvalue weighted by Crippen LogP contribution is -2.48. The third kappa shape index (κ3) is 3.76. The predicted octanol–water partition coefficient (Wildman–Crippen LogP) is 1.74. The van der Waals surface area contributed by atoms with Gasteiger partial charge >= 0.3 is 0 Å². The molecule has 3 rings (SSSR count). The Morgan fingerprint density at radius 2 is 2.22 bits per heavy atom. The van der Waals surface area contributed by atoms with Crippen molar-refractivity contribution in [3.05, 3.63) is 47.6 Å². The highest BCUT2D eigenvalue weighted by molar-refractivity contribution is 5.77. The fraction of sp³-hybridized carbons (Fsp3) is 0.471. The van der Waals surface area contributed by atoms with Gasteiger partial charge in [-0.3, -0.25) is 4.79 Å². The van der Waals surface area contributed by atoms with Gasteiger partial charge in [0.2, 0.25) is 11.8 Å². The summed E-state index contributed by atoms with van der Waals surface area (Å²) in [7, 11) is 0. The predicted molar refractivity (Wildman–Crippen MR) is 85.8 cm³/mol. The number of carbonyl (C=O) groups excluding carboxylic acids is 1. The second-order valence-corrected chi connectivity index (χ2v) is 5.68. The van der Waals surface area contributed by atoms with E-state index in [4.69, 9.17) is 4.52 Å². The van der Waals surface area contributed by atoms with Crippen LogP contribution < -0.4 is 5.32 Å². The van der Waals surface area contributed by atoms with Gasteiger partial charge in [0.15, 0.2) is 5.82 Å². The van der Waals surface area contributed by atoms with Crippen molar-refractivity contribution < 1.29 is 9.32 Å². The number of amides is 1. The van der Waals surface area contributed by atoms with Crippen molar-refractivity contribution in [1.29, 1.82) is 0 Å². The van der Waals surface area contributed by atoms with Crippen LogP contribution in [0.25, 0.3) is 0 Å². The molecular weight excluding hydrogens is 292 g/mol. The molecule has 1 amide bonds. The molecule has 0 saturated carbocycles. The Morgan fingerprint density at radius 1 is 1.39 bits per heavy atom. The second-order valence-electron chi connectivity index (χ2n) is 5.68. The van der Waals surface area contributed by atoms with E-state index in [1.165, 1.54) is 5.56 Å². The van der Waals surface area contributed by atoms with Crippen molar-refractivity contribution >= 4 is 5.91 Å². The first-order chi connectivity index (χ1) is 11.3. The van der Waals surface area contributed by atoms with E-state index in [1.807, 2.05) is 30.0 Å². The molecule has 23 heavy (non-hydrogen) atoms.